The van der Waals surface area contributed by atoms with Gasteiger partial charge in [0.25, 0.3) is 5.91 Å². The first-order chi connectivity index (χ1) is 18.8. The highest BCUT2D eigenvalue weighted by Gasteiger charge is 2.38. The average Bonchev–Trinajstić information content (AvgIpc) is 3.29. The zero-order valence-corrected chi connectivity index (χ0v) is 21.3. The lowest BCUT2D eigenvalue weighted by atomic mass is 9.99. The van der Waals surface area contributed by atoms with Crippen molar-refractivity contribution in [3.05, 3.63) is 102 Å². The van der Waals surface area contributed by atoms with Gasteiger partial charge in [-0.2, -0.15) is 23.0 Å². The number of benzene rings is 3. The fourth-order valence-corrected chi connectivity index (χ4v) is 4.61. The van der Waals surface area contributed by atoms with E-state index in [1.54, 1.807) is 97.3 Å². The number of carbonyl (C=O) groups excluding carboxylic acids is 1. The number of nitrogens with zero attached hydrogens (tertiary/aromatic N) is 4. The highest BCUT2D eigenvalue weighted by molar-refractivity contribution is 7.98. The molecule has 2 heterocycles. The lowest BCUT2D eigenvalue weighted by Crippen LogP contribution is -2.18. The van der Waals surface area contributed by atoms with Crippen LogP contribution >= 0.6 is 11.8 Å². The minimum Gasteiger partial charge on any atom is -0.383 e. The van der Waals surface area contributed by atoms with Gasteiger partial charge >= 0.3 is 6.18 Å². The molecule has 39 heavy (non-hydrogen) atoms. The second-order valence-electron chi connectivity index (χ2n) is 8.33. The van der Waals surface area contributed by atoms with Crippen LogP contribution in [0.1, 0.15) is 16.2 Å². The molecule has 0 bridgehead atoms. The van der Waals surface area contributed by atoms with Crippen LogP contribution in [0.5, 0.6) is 0 Å². The van der Waals surface area contributed by atoms with Gasteiger partial charge < -0.3 is 11.1 Å². The first-order valence-corrected chi connectivity index (χ1v) is 12.9. The second kappa shape index (κ2) is 10.6. The number of alkyl halides is 3. The Morgan fingerprint density at radius 1 is 0.872 bits per heavy atom. The van der Waals surface area contributed by atoms with E-state index in [-0.39, 0.29) is 33.5 Å². The van der Waals surface area contributed by atoms with Gasteiger partial charge in [-0.3, -0.25) is 4.79 Å². The minimum atomic E-state index is -4.86. The Hall–Kier alpha value is -4.64. The average molecular weight is 547 g/mol. The molecule has 3 N–H and O–H groups in total. The van der Waals surface area contributed by atoms with E-state index in [0.29, 0.717) is 16.8 Å². The van der Waals surface area contributed by atoms with E-state index in [2.05, 4.69) is 20.4 Å². The van der Waals surface area contributed by atoms with E-state index in [1.807, 2.05) is 0 Å². The first kappa shape index (κ1) is 26.0. The summed E-state index contributed by atoms with van der Waals surface area (Å²) in [6, 6.07) is 26.0. The molecule has 0 saturated heterocycles. The minimum absolute atomic E-state index is 0.0267. The Bertz CT molecular complexity index is 1620. The highest BCUT2D eigenvalue weighted by Crippen LogP contribution is 2.39. The zero-order valence-electron chi connectivity index (χ0n) is 20.5. The standard InChI is InChI=1S/C28H21F3N6OS/c1-39-26-21(25(38)33-19-15-9-4-10-16-19)23(32)37(36-26)24-20(17-11-5-2-6-12-17)22(18-13-7-3-8-14-18)34-27(35-24)28(29,30)31/h2-16H,32H2,1H3,(H,33,38). The van der Waals surface area contributed by atoms with E-state index >= 15 is 0 Å². The van der Waals surface area contributed by atoms with Crippen molar-refractivity contribution in [1.82, 2.24) is 19.7 Å². The van der Waals surface area contributed by atoms with Crippen molar-refractivity contribution in [2.24, 2.45) is 0 Å². The summed E-state index contributed by atoms with van der Waals surface area (Å²) >= 11 is 1.14. The molecule has 0 aliphatic carbocycles. The van der Waals surface area contributed by atoms with Crippen molar-refractivity contribution in [3.8, 4) is 28.2 Å². The second-order valence-corrected chi connectivity index (χ2v) is 9.12. The van der Waals surface area contributed by atoms with E-state index in [4.69, 9.17) is 5.73 Å². The van der Waals surface area contributed by atoms with Gasteiger partial charge in [0.15, 0.2) is 5.82 Å². The van der Waals surface area contributed by atoms with Crippen molar-refractivity contribution >= 4 is 29.2 Å². The fourth-order valence-electron chi connectivity index (χ4n) is 4.05. The molecule has 2 aromatic heterocycles. The molecule has 5 rings (SSSR count). The topological polar surface area (TPSA) is 98.7 Å². The molecule has 0 aliphatic heterocycles. The molecule has 0 spiro atoms. The number of anilines is 2. The van der Waals surface area contributed by atoms with Crippen LogP contribution in [-0.2, 0) is 6.18 Å². The van der Waals surface area contributed by atoms with Crippen molar-refractivity contribution in [1.29, 1.82) is 0 Å². The fraction of sp³-hybridized carbons (Fsp3) is 0.0714. The van der Waals surface area contributed by atoms with Crippen LogP contribution in [0.25, 0.3) is 28.2 Å². The smallest absolute Gasteiger partial charge is 0.383 e. The number of thioether (sulfide) groups is 1. The maximum Gasteiger partial charge on any atom is 0.451 e. The molecule has 11 heteroatoms. The summed E-state index contributed by atoms with van der Waals surface area (Å²) in [5.41, 5.74) is 8.33. The molecular formula is C28H21F3N6OS. The van der Waals surface area contributed by atoms with Gasteiger partial charge in [0.1, 0.15) is 16.4 Å². The molecular weight excluding hydrogens is 525 g/mol. The van der Waals surface area contributed by atoms with Gasteiger partial charge in [0.2, 0.25) is 5.82 Å². The molecule has 0 unspecified atom stereocenters. The van der Waals surface area contributed by atoms with Crippen LogP contribution in [0.2, 0.25) is 0 Å². The van der Waals surface area contributed by atoms with Crippen LogP contribution in [0.4, 0.5) is 24.7 Å². The number of halogens is 3. The molecule has 1 amide bonds. The summed E-state index contributed by atoms with van der Waals surface area (Å²) in [7, 11) is 0. The Morgan fingerprint density at radius 2 is 1.44 bits per heavy atom. The largest absolute Gasteiger partial charge is 0.451 e. The molecule has 0 radical (unpaired) electrons. The third kappa shape index (κ3) is 5.21. The number of hydrogen-bond acceptors (Lipinski definition) is 6. The number of nitrogens with one attached hydrogen (secondary N) is 1. The van der Waals surface area contributed by atoms with Gasteiger partial charge in [-0.1, -0.05) is 78.9 Å². The number of hydrogen-bond donors (Lipinski definition) is 2. The van der Waals surface area contributed by atoms with Crippen molar-refractivity contribution in [3.63, 3.8) is 0 Å². The van der Waals surface area contributed by atoms with Gasteiger partial charge in [0.05, 0.1) is 11.3 Å². The summed E-state index contributed by atoms with van der Waals surface area (Å²) in [4.78, 5) is 21.1. The van der Waals surface area contributed by atoms with Crippen molar-refractivity contribution < 1.29 is 18.0 Å². The molecule has 0 fully saturated rings. The van der Waals surface area contributed by atoms with E-state index in [0.717, 1.165) is 16.4 Å². The SMILES string of the molecule is CSc1nn(-c2nc(C(F)(F)F)nc(-c3ccccc3)c2-c2ccccc2)c(N)c1C(=O)Nc1ccccc1. The van der Waals surface area contributed by atoms with Crippen LogP contribution < -0.4 is 11.1 Å². The summed E-state index contributed by atoms with van der Waals surface area (Å²) in [5, 5.41) is 7.43. The van der Waals surface area contributed by atoms with E-state index in [1.165, 1.54) is 0 Å². The van der Waals surface area contributed by atoms with Crippen LogP contribution in [-0.4, -0.2) is 31.9 Å². The molecule has 0 atom stereocenters. The lowest BCUT2D eigenvalue weighted by molar-refractivity contribution is -0.144. The van der Waals surface area contributed by atoms with Gasteiger partial charge in [-0.05, 0) is 24.0 Å². The van der Waals surface area contributed by atoms with E-state index in [9.17, 15) is 18.0 Å². The predicted octanol–water partition coefficient (Wildman–Crippen LogP) is 6.57. The number of carbonyl (C=O) groups is 1. The van der Waals surface area contributed by atoms with Crippen molar-refractivity contribution in [2.75, 3.05) is 17.3 Å². The van der Waals surface area contributed by atoms with Crippen LogP contribution in [0.3, 0.4) is 0 Å². The molecule has 3 aromatic carbocycles. The Morgan fingerprint density at radius 3 is 2.00 bits per heavy atom. The number of nitrogen functional groups attached to an aromatic ring is 1. The van der Waals surface area contributed by atoms with Crippen LogP contribution in [0, 0.1) is 0 Å². The quantitative estimate of drug-likeness (QED) is 0.234. The third-order valence-electron chi connectivity index (χ3n) is 5.79. The predicted molar refractivity (Wildman–Crippen MR) is 146 cm³/mol. The maximum atomic E-state index is 14.1. The number of rotatable bonds is 6. The van der Waals surface area contributed by atoms with E-state index < -0.39 is 17.9 Å². The van der Waals surface area contributed by atoms with Crippen LogP contribution in [0.15, 0.2) is 96.0 Å². The molecule has 7 nitrogen and oxygen atoms in total. The van der Waals surface area contributed by atoms with Gasteiger partial charge in [0, 0.05) is 11.3 Å². The normalized spacial score (nSPS) is 11.4. The molecule has 0 aliphatic rings. The Balaban J connectivity index is 1.79. The number of aromatic nitrogens is 4. The molecule has 196 valence electrons. The summed E-state index contributed by atoms with van der Waals surface area (Å²) in [5.74, 6) is -2.26. The highest BCUT2D eigenvalue weighted by atomic mass is 32.2. The summed E-state index contributed by atoms with van der Waals surface area (Å²) in [6.45, 7) is 0. The van der Waals surface area contributed by atoms with Crippen molar-refractivity contribution in [2.45, 2.75) is 11.2 Å². The Kier molecular flexibility index (Phi) is 7.07. The number of amides is 1. The Labute approximate surface area is 225 Å². The molecule has 5 aromatic rings. The number of nitrogens with two attached hydrogens (primary N) is 1. The zero-order chi connectivity index (χ0) is 27.6. The van der Waals surface area contributed by atoms with Gasteiger partial charge in [-0.25, -0.2) is 9.97 Å². The van der Waals surface area contributed by atoms with Gasteiger partial charge in [-0.15, -0.1) is 11.8 Å². The summed E-state index contributed by atoms with van der Waals surface area (Å²) < 4.78 is 43.3. The number of para-hydroxylation sites is 1. The third-order valence-corrected chi connectivity index (χ3v) is 6.47. The molecule has 0 saturated carbocycles. The maximum absolute atomic E-state index is 14.1. The lowest BCUT2D eigenvalue weighted by Gasteiger charge is -2.17. The monoisotopic (exact) mass is 546 g/mol. The first-order valence-electron chi connectivity index (χ1n) is 11.7. The summed E-state index contributed by atoms with van der Waals surface area (Å²) in [6.07, 6.45) is -3.16.